The average molecular weight is 248 g/mol. The van der Waals surface area contributed by atoms with Crippen molar-refractivity contribution in [2.75, 3.05) is 5.73 Å². The summed E-state index contributed by atoms with van der Waals surface area (Å²) in [4.78, 5) is 16.6. The Hall–Kier alpha value is -2.68. The van der Waals surface area contributed by atoms with E-state index < -0.39 is 0 Å². The van der Waals surface area contributed by atoms with Crippen molar-refractivity contribution >= 4 is 22.2 Å². The number of carbonyl (C=O) groups excluding carboxylic acids is 1. The number of benzene rings is 2. The number of carbonyl (C=O) groups is 1. The fourth-order valence-electron chi connectivity index (χ4n) is 2.13. The lowest BCUT2D eigenvalue weighted by molar-refractivity contribution is 0.104. The van der Waals surface area contributed by atoms with Gasteiger partial charge in [-0.1, -0.05) is 36.4 Å². The zero-order chi connectivity index (χ0) is 13.2. The van der Waals surface area contributed by atoms with Crippen molar-refractivity contribution < 1.29 is 4.79 Å². The normalized spacial score (nSPS) is 10.5. The van der Waals surface area contributed by atoms with Gasteiger partial charge < -0.3 is 5.73 Å². The fourth-order valence-corrected chi connectivity index (χ4v) is 2.13. The number of hydrogen-bond donors (Lipinski definition) is 1. The molecule has 1 aromatic heterocycles. The van der Waals surface area contributed by atoms with E-state index in [1.165, 1.54) is 0 Å². The Balaban J connectivity index is 2.17. The molecule has 0 saturated carbocycles. The van der Waals surface area contributed by atoms with Gasteiger partial charge >= 0.3 is 0 Å². The highest BCUT2D eigenvalue weighted by atomic mass is 16.1. The van der Waals surface area contributed by atoms with Crippen LogP contribution in [0.5, 0.6) is 0 Å². The van der Waals surface area contributed by atoms with Crippen LogP contribution in [0.4, 0.5) is 5.69 Å². The highest BCUT2D eigenvalue weighted by molar-refractivity contribution is 6.16. The smallest absolute Gasteiger partial charge is 0.195 e. The van der Waals surface area contributed by atoms with Gasteiger partial charge in [0.2, 0.25) is 0 Å². The molecule has 2 N–H and O–H groups in total. The maximum absolute atomic E-state index is 12.5. The molecule has 0 unspecified atom stereocenters. The minimum atomic E-state index is -0.0587. The first-order valence-corrected chi connectivity index (χ1v) is 5.99. The summed E-state index contributed by atoms with van der Waals surface area (Å²) in [6.07, 6.45) is 3.36. The largest absolute Gasteiger partial charge is 0.399 e. The number of fused-ring (bicyclic) bond motifs is 1. The fraction of sp³-hybridized carbons (Fsp3) is 0. The monoisotopic (exact) mass is 248 g/mol. The molecule has 0 bridgehead atoms. The van der Waals surface area contributed by atoms with E-state index in [9.17, 15) is 4.79 Å². The van der Waals surface area contributed by atoms with E-state index in [1.54, 1.807) is 36.7 Å². The summed E-state index contributed by atoms with van der Waals surface area (Å²) < 4.78 is 0. The van der Waals surface area contributed by atoms with Crippen LogP contribution in [0.25, 0.3) is 10.8 Å². The molecule has 0 atom stereocenters. The first-order valence-electron chi connectivity index (χ1n) is 5.99. The lowest BCUT2D eigenvalue weighted by atomic mass is 9.99. The number of ketones is 1. The zero-order valence-corrected chi connectivity index (χ0v) is 10.2. The van der Waals surface area contributed by atoms with Crippen LogP contribution >= 0.6 is 0 Å². The molecule has 2 aromatic carbocycles. The number of pyridine rings is 1. The quantitative estimate of drug-likeness (QED) is 0.560. The number of nitrogens with two attached hydrogens (primary N) is 1. The summed E-state index contributed by atoms with van der Waals surface area (Å²) in [7, 11) is 0. The summed E-state index contributed by atoms with van der Waals surface area (Å²) in [6, 6.07) is 14.7. The molecule has 19 heavy (non-hydrogen) atoms. The standard InChI is InChI=1S/C16H12N2O/c17-13-6-3-5-11(8-13)16(19)15-10-18-9-12-4-1-2-7-14(12)15/h1-10H,17H2. The Bertz CT molecular complexity index is 760. The van der Waals surface area contributed by atoms with Gasteiger partial charge in [0.25, 0.3) is 0 Å². The first kappa shape index (κ1) is 11.4. The van der Waals surface area contributed by atoms with E-state index in [1.807, 2.05) is 24.3 Å². The number of anilines is 1. The number of aromatic nitrogens is 1. The van der Waals surface area contributed by atoms with Crippen molar-refractivity contribution in [1.82, 2.24) is 4.98 Å². The molecule has 3 aromatic rings. The summed E-state index contributed by atoms with van der Waals surface area (Å²) >= 11 is 0. The minimum Gasteiger partial charge on any atom is -0.399 e. The Morgan fingerprint density at radius 2 is 1.84 bits per heavy atom. The van der Waals surface area contributed by atoms with Gasteiger partial charge in [0.15, 0.2) is 5.78 Å². The van der Waals surface area contributed by atoms with E-state index in [-0.39, 0.29) is 5.78 Å². The van der Waals surface area contributed by atoms with Gasteiger partial charge in [-0.15, -0.1) is 0 Å². The van der Waals surface area contributed by atoms with Crippen molar-refractivity contribution in [3.63, 3.8) is 0 Å². The second-order valence-corrected chi connectivity index (χ2v) is 4.36. The molecule has 0 radical (unpaired) electrons. The van der Waals surface area contributed by atoms with Crippen LogP contribution in [0.15, 0.2) is 60.9 Å². The molecule has 0 amide bonds. The second-order valence-electron chi connectivity index (χ2n) is 4.36. The third-order valence-corrected chi connectivity index (χ3v) is 3.06. The molecule has 0 spiro atoms. The van der Waals surface area contributed by atoms with E-state index in [2.05, 4.69) is 4.98 Å². The molecule has 1 heterocycles. The minimum absolute atomic E-state index is 0.0587. The molecule has 0 aliphatic heterocycles. The summed E-state index contributed by atoms with van der Waals surface area (Å²) in [5.41, 5.74) is 7.48. The van der Waals surface area contributed by atoms with Crippen molar-refractivity contribution in [3.05, 3.63) is 72.1 Å². The summed E-state index contributed by atoms with van der Waals surface area (Å²) in [5.74, 6) is -0.0587. The zero-order valence-electron chi connectivity index (χ0n) is 10.2. The van der Waals surface area contributed by atoms with Crippen LogP contribution in [0.1, 0.15) is 15.9 Å². The van der Waals surface area contributed by atoms with Crippen molar-refractivity contribution in [2.24, 2.45) is 0 Å². The third kappa shape index (κ3) is 2.06. The van der Waals surface area contributed by atoms with Gasteiger partial charge in [-0.2, -0.15) is 0 Å². The van der Waals surface area contributed by atoms with E-state index in [0.717, 1.165) is 10.8 Å². The van der Waals surface area contributed by atoms with Crippen LogP contribution in [0.2, 0.25) is 0 Å². The van der Waals surface area contributed by atoms with Gasteiger partial charge in [-0.25, -0.2) is 0 Å². The average Bonchev–Trinajstić information content (AvgIpc) is 2.46. The van der Waals surface area contributed by atoms with E-state index in [0.29, 0.717) is 16.8 Å². The van der Waals surface area contributed by atoms with Gasteiger partial charge in [0.05, 0.1) is 0 Å². The lowest BCUT2D eigenvalue weighted by Gasteiger charge is -2.05. The Kier molecular flexibility index (Phi) is 2.72. The number of nitrogen functional groups attached to an aromatic ring is 1. The van der Waals surface area contributed by atoms with E-state index >= 15 is 0 Å². The maximum atomic E-state index is 12.5. The second kappa shape index (κ2) is 4.53. The lowest BCUT2D eigenvalue weighted by Crippen LogP contribution is -2.03. The molecular weight excluding hydrogens is 236 g/mol. The molecule has 3 heteroatoms. The summed E-state index contributed by atoms with van der Waals surface area (Å²) in [5, 5.41) is 1.86. The molecule has 0 aliphatic carbocycles. The Morgan fingerprint density at radius 3 is 2.68 bits per heavy atom. The number of nitrogens with zero attached hydrogens (tertiary/aromatic N) is 1. The summed E-state index contributed by atoms with van der Waals surface area (Å²) in [6.45, 7) is 0. The van der Waals surface area contributed by atoms with Crippen LogP contribution in [-0.2, 0) is 0 Å². The van der Waals surface area contributed by atoms with Gasteiger partial charge in [0.1, 0.15) is 0 Å². The number of hydrogen-bond acceptors (Lipinski definition) is 3. The maximum Gasteiger partial charge on any atom is 0.195 e. The Morgan fingerprint density at radius 1 is 1.00 bits per heavy atom. The molecule has 0 fully saturated rings. The topological polar surface area (TPSA) is 56.0 Å². The van der Waals surface area contributed by atoms with Crippen LogP contribution in [0.3, 0.4) is 0 Å². The highest BCUT2D eigenvalue weighted by Crippen LogP contribution is 2.20. The highest BCUT2D eigenvalue weighted by Gasteiger charge is 2.12. The van der Waals surface area contributed by atoms with Crippen LogP contribution in [-0.4, -0.2) is 10.8 Å². The van der Waals surface area contributed by atoms with Crippen molar-refractivity contribution in [1.29, 1.82) is 0 Å². The van der Waals surface area contributed by atoms with Crippen LogP contribution in [0, 0.1) is 0 Å². The Labute approximate surface area is 110 Å². The van der Waals surface area contributed by atoms with Crippen molar-refractivity contribution in [3.8, 4) is 0 Å². The molecular formula is C16H12N2O. The van der Waals surface area contributed by atoms with Crippen molar-refractivity contribution in [2.45, 2.75) is 0 Å². The van der Waals surface area contributed by atoms with Gasteiger partial charge in [-0.3, -0.25) is 9.78 Å². The van der Waals surface area contributed by atoms with Gasteiger partial charge in [0, 0.05) is 34.6 Å². The molecule has 3 nitrogen and oxygen atoms in total. The number of rotatable bonds is 2. The molecule has 0 saturated heterocycles. The van der Waals surface area contributed by atoms with Crippen LogP contribution < -0.4 is 5.73 Å². The predicted octanol–water partition coefficient (Wildman–Crippen LogP) is 3.05. The van der Waals surface area contributed by atoms with Gasteiger partial charge in [-0.05, 0) is 17.5 Å². The molecule has 3 rings (SSSR count). The predicted molar refractivity (Wildman–Crippen MR) is 76.0 cm³/mol. The molecule has 92 valence electrons. The third-order valence-electron chi connectivity index (χ3n) is 3.06. The van der Waals surface area contributed by atoms with E-state index in [4.69, 9.17) is 5.73 Å². The SMILES string of the molecule is Nc1cccc(C(=O)c2cncc3ccccc23)c1. The first-order chi connectivity index (χ1) is 9.25. The molecule has 0 aliphatic rings.